The maximum atomic E-state index is 6.04. The molecular formula is C10H11BrCl2. The molecule has 0 heterocycles. The van der Waals surface area contributed by atoms with Crippen LogP contribution in [0.3, 0.4) is 0 Å². The van der Waals surface area contributed by atoms with Crippen LogP contribution in [0.5, 0.6) is 0 Å². The van der Waals surface area contributed by atoms with Gasteiger partial charge in [0.25, 0.3) is 0 Å². The van der Waals surface area contributed by atoms with Crippen LogP contribution < -0.4 is 0 Å². The molecule has 72 valence electrons. The highest BCUT2D eigenvalue weighted by atomic mass is 79.9. The Morgan fingerprint density at radius 1 is 1.46 bits per heavy atom. The summed E-state index contributed by atoms with van der Waals surface area (Å²) < 4.78 is 1.01. The van der Waals surface area contributed by atoms with E-state index in [0.717, 1.165) is 27.9 Å². The molecule has 0 aromatic heterocycles. The third-order valence-electron chi connectivity index (χ3n) is 1.83. The first-order valence-electron chi connectivity index (χ1n) is 4.17. The molecule has 0 aliphatic heterocycles. The van der Waals surface area contributed by atoms with Gasteiger partial charge in [-0.25, -0.2) is 0 Å². The highest BCUT2D eigenvalue weighted by molar-refractivity contribution is 9.10. The van der Waals surface area contributed by atoms with Crippen LogP contribution in [0.25, 0.3) is 0 Å². The zero-order valence-electron chi connectivity index (χ0n) is 7.36. The van der Waals surface area contributed by atoms with Gasteiger partial charge in [-0.3, -0.25) is 0 Å². The van der Waals surface area contributed by atoms with Crippen molar-refractivity contribution in [1.82, 2.24) is 0 Å². The van der Waals surface area contributed by atoms with Crippen molar-refractivity contribution in [2.75, 3.05) is 0 Å². The molecule has 0 aliphatic rings. The first-order chi connectivity index (χ1) is 6.09. The van der Waals surface area contributed by atoms with E-state index in [1.54, 1.807) is 0 Å². The summed E-state index contributed by atoms with van der Waals surface area (Å²) in [5.41, 5.74) is 1.16. The topological polar surface area (TPSA) is 0 Å². The SMILES string of the molecule is CC(Cl)CCc1ccc(Br)cc1Cl. The summed E-state index contributed by atoms with van der Waals surface area (Å²) in [6, 6.07) is 5.95. The van der Waals surface area contributed by atoms with E-state index in [1.807, 2.05) is 25.1 Å². The highest BCUT2D eigenvalue weighted by Crippen LogP contribution is 2.23. The number of alkyl halides is 1. The molecule has 3 heteroatoms. The van der Waals surface area contributed by atoms with Crippen LogP contribution in [0, 0.1) is 0 Å². The zero-order valence-corrected chi connectivity index (χ0v) is 10.5. The number of hydrogen-bond acceptors (Lipinski definition) is 0. The molecule has 1 aromatic rings. The minimum absolute atomic E-state index is 0.208. The highest BCUT2D eigenvalue weighted by Gasteiger charge is 2.02. The summed E-state index contributed by atoms with van der Waals surface area (Å²) in [7, 11) is 0. The molecule has 0 saturated heterocycles. The third kappa shape index (κ3) is 3.88. The smallest absolute Gasteiger partial charge is 0.0449 e. The Bertz CT molecular complexity index is 284. The molecule has 1 atom stereocenters. The molecule has 1 rings (SSSR count). The molecule has 1 unspecified atom stereocenters. The maximum absolute atomic E-state index is 6.04. The molecular weight excluding hydrogens is 271 g/mol. The number of halogens is 3. The van der Waals surface area contributed by atoms with Gasteiger partial charge in [0.1, 0.15) is 0 Å². The first-order valence-corrected chi connectivity index (χ1v) is 5.78. The van der Waals surface area contributed by atoms with Crippen LogP contribution in [0.2, 0.25) is 5.02 Å². The van der Waals surface area contributed by atoms with E-state index in [2.05, 4.69) is 15.9 Å². The number of rotatable bonds is 3. The molecule has 0 N–H and O–H groups in total. The van der Waals surface area contributed by atoms with Gasteiger partial charge in [0.05, 0.1) is 0 Å². The number of hydrogen-bond donors (Lipinski definition) is 0. The van der Waals surface area contributed by atoms with Gasteiger partial charge < -0.3 is 0 Å². The van der Waals surface area contributed by atoms with Crippen molar-refractivity contribution in [2.45, 2.75) is 25.1 Å². The van der Waals surface area contributed by atoms with Crippen molar-refractivity contribution in [1.29, 1.82) is 0 Å². The van der Waals surface area contributed by atoms with Crippen LogP contribution in [0.15, 0.2) is 22.7 Å². The van der Waals surface area contributed by atoms with Crippen molar-refractivity contribution >= 4 is 39.1 Å². The standard InChI is InChI=1S/C10H11BrCl2/c1-7(12)2-3-8-4-5-9(11)6-10(8)13/h4-7H,2-3H2,1H3. The Kier molecular flexibility index (Phi) is 4.57. The zero-order chi connectivity index (χ0) is 9.84. The first kappa shape index (κ1) is 11.4. The van der Waals surface area contributed by atoms with E-state index >= 15 is 0 Å². The summed E-state index contributed by atoms with van der Waals surface area (Å²) in [6.45, 7) is 1.99. The van der Waals surface area contributed by atoms with E-state index in [-0.39, 0.29) is 5.38 Å². The average Bonchev–Trinajstić information content (AvgIpc) is 2.02. The van der Waals surface area contributed by atoms with Crippen molar-refractivity contribution < 1.29 is 0 Å². The molecule has 0 spiro atoms. The largest absolute Gasteiger partial charge is 0.123 e. The molecule has 13 heavy (non-hydrogen) atoms. The second kappa shape index (κ2) is 5.23. The summed E-state index contributed by atoms with van der Waals surface area (Å²) in [5, 5.41) is 1.02. The lowest BCUT2D eigenvalue weighted by molar-refractivity contribution is 0.803. The van der Waals surface area contributed by atoms with Crippen molar-refractivity contribution in [3.63, 3.8) is 0 Å². The van der Waals surface area contributed by atoms with Gasteiger partial charge >= 0.3 is 0 Å². The Morgan fingerprint density at radius 2 is 2.15 bits per heavy atom. The van der Waals surface area contributed by atoms with Crippen LogP contribution in [-0.4, -0.2) is 5.38 Å². The molecule has 0 fully saturated rings. The Labute approximate surface area is 97.4 Å². The fourth-order valence-corrected chi connectivity index (χ4v) is 1.96. The van der Waals surface area contributed by atoms with Crippen LogP contribution in [0.1, 0.15) is 18.9 Å². The van der Waals surface area contributed by atoms with Gasteiger partial charge in [-0.05, 0) is 37.5 Å². The third-order valence-corrected chi connectivity index (χ3v) is 2.89. The maximum Gasteiger partial charge on any atom is 0.0449 e. The lowest BCUT2D eigenvalue weighted by atomic mass is 10.1. The van der Waals surface area contributed by atoms with Gasteiger partial charge in [0.2, 0.25) is 0 Å². The van der Waals surface area contributed by atoms with Crippen molar-refractivity contribution in [3.8, 4) is 0 Å². The average molecular weight is 282 g/mol. The van der Waals surface area contributed by atoms with Gasteiger partial charge in [0, 0.05) is 14.9 Å². The summed E-state index contributed by atoms with van der Waals surface area (Å²) in [4.78, 5) is 0. The van der Waals surface area contributed by atoms with Crippen molar-refractivity contribution in [3.05, 3.63) is 33.3 Å². The summed E-state index contributed by atoms with van der Waals surface area (Å²) in [6.07, 6.45) is 1.90. The minimum atomic E-state index is 0.208. The van der Waals surface area contributed by atoms with Crippen LogP contribution in [0.4, 0.5) is 0 Å². The summed E-state index contributed by atoms with van der Waals surface area (Å²) >= 11 is 15.3. The normalized spacial score (nSPS) is 12.9. The second-order valence-corrected chi connectivity index (χ2v) is 5.12. The lowest BCUT2D eigenvalue weighted by Gasteiger charge is -2.05. The molecule has 0 radical (unpaired) electrons. The van der Waals surface area contributed by atoms with E-state index in [9.17, 15) is 0 Å². The van der Waals surface area contributed by atoms with E-state index in [0.29, 0.717) is 0 Å². The van der Waals surface area contributed by atoms with Crippen LogP contribution >= 0.6 is 39.1 Å². The Balaban J connectivity index is 2.67. The lowest BCUT2D eigenvalue weighted by Crippen LogP contribution is -1.95. The minimum Gasteiger partial charge on any atom is -0.123 e. The second-order valence-electron chi connectivity index (χ2n) is 3.06. The van der Waals surface area contributed by atoms with Gasteiger partial charge in [-0.2, -0.15) is 0 Å². The van der Waals surface area contributed by atoms with Crippen LogP contribution in [-0.2, 0) is 6.42 Å². The number of benzene rings is 1. The van der Waals surface area contributed by atoms with Gasteiger partial charge in [-0.15, -0.1) is 11.6 Å². The molecule has 0 nitrogen and oxygen atoms in total. The van der Waals surface area contributed by atoms with Gasteiger partial charge in [-0.1, -0.05) is 33.6 Å². The fourth-order valence-electron chi connectivity index (χ4n) is 1.08. The molecule has 1 aromatic carbocycles. The molecule has 0 amide bonds. The van der Waals surface area contributed by atoms with Gasteiger partial charge in [0.15, 0.2) is 0 Å². The predicted molar refractivity (Wildman–Crippen MR) is 62.8 cm³/mol. The predicted octanol–water partition coefficient (Wildman–Crippen LogP) is 4.66. The number of aryl methyl sites for hydroxylation is 1. The molecule has 0 saturated carbocycles. The monoisotopic (exact) mass is 280 g/mol. The Morgan fingerprint density at radius 3 is 2.69 bits per heavy atom. The van der Waals surface area contributed by atoms with Crippen molar-refractivity contribution in [2.24, 2.45) is 0 Å². The quantitative estimate of drug-likeness (QED) is 0.707. The van der Waals surface area contributed by atoms with E-state index in [4.69, 9.17) is 23.2 Å². The summed E-state index contributed by atoms with van der Waals surface area (Å²) in [5.74, 6) is 0. The van der Waals surface area contributed by atoms with E-state index in [1.165, 1.54) is 0 Å². The molecule has 0 bridgehead atoms. The fraction of sp³-hybridized carbons (Fsp3) is 0.400. The Hall–Kier alpha value is 0.280. The molecule has 0 aliphatic carbocycles. The van der Waals surface area contributed by atoms with E-state index < -0.39 is 0 Å².